The zero-order chi connectivity index (χ0) is 30.6. The number of para-hydroxylation sites is 1. The van der Waals surface area contributed by atoms with E-state index in [1.807, 2.05) is 6.07 Å². The van der Waals surface area contributed by atoms with Crippen molar-refractivity contribution in [3.8, 4) is 11.1 Å². The number of benzene rings is 4. The lowest BCUT2D eigenvalue weighted by Gasteiger charge is -2.32. The third kappa shape index (κ3) is 5.44. The molecule has 2 fully saturated rings. The smallest absolute Gasteiger partial charge is 0.399 e. The van der Waals surface area contributed by atoms with E-state index in [0.29, 0.717) is 0 Å². The molecule has 5 nitrogen and oxygen atoms in total. The van der Waals surface area contributed by atoms with Gasteiger partial charge in [0, 0.05) is 16.9 Å². The lowest BCUT2D eigenvalue weighted by atomic mass is 9.79. The van der Waals surface area contributed by atoms with Crippen molar-refractivity contribution in [3.05, 3.63) is 103 Å². The number of rotatable bonds is 6. The minimum absolute atomic E-state index is 0.393. The Balaban J connectivity index is 1.39. The van der Waals surface area contributed by atoms with E-state index in [1.165, 1.54) is 0 Å². The Labute approximate surface area is 257 Å². The molecule has 6 rings (SSSR count). The minimum atomic E-state index is -0.414. The first kappa shape index (κ1) is 29.7. The molecule has 2 saturated heterocycles. The highest BCUT2D eigenvalue weighted by Crippen LogP contribution is 2.41. The van der Waals surface area contributed by atoms with Gasteiger partial charge in [0.1, 0.15) is 0 Å². The average molecular weight is 573 g/mol. The van der Waals surface area contributed by atoms with Crippen molar-refractivity contribution in [3.63, 3.8) is 0 Å². The Hall–Kier alpha value is -3.35. The van der Waals surface area contributed by atoms with Crippen LogP contribution in [-0.4, -0.2) is 36.6 Å². The zero-order valence-electron chi connectivity index (χ0n) is 26.5. The molecule has 0 saturated carbocycles. The average Bonchev–Trinajstić information content (AvgIpc) is 3.34. The van der Waals surface area contributed by atoms with E-state index in [1.54, 1.807) is 0 Å². The van der Waals surface area contributed by atoms with Crippen LogP contribution in [0.2, 0.25) is 0 Å². The molecule has 2 aliphatic heterocycles. The van der Waals surface area contributed by atoms with Gasteiger partial charge < -0.3 is 23.5 Å². The Morgan fingerprint density at radius 2 is 0.814 bits per heavy atom. The van der Waals surface area contributed by atoms with E-state index in [2.05, 4.69) is 157 Å². The second kappa shape index (κ2) is 10.7. The van der Waals surface area contributed by atoms with Crippen molar-refractivity contribution >= 4 is 42.2 Å². The fourth-order valence-electron chi connectivity index (χ4n) is 5.48. The van der Waals surface area contributed by atoms with Crippen molar-refractivity contribution in [1.29, 1.82) is 0 Å². The molecule has 0 N–H and O–H groups in total. The molecular formula is C36H41B2NO4. The monoisotopic (exact) mass is 573 g/mol. The van der Waals surface area contributed by atoms with Crippen LogP contribution in [0.15, 0.2) is 103 Å². The summed E-state index contributed by atoms with van der Waals surface area (Å²) in [5, 5.41) is 0. The molecule has 43 heavy (non-hydrogen) atoms. The molecule has 2 aliphatic rings. The first-order valence-electron chi connectivity index (χ1n) is 15.1. The predicted molar refractivity (Wildman–Crippen MR) is 178 cm³/mol. The van der Waals surface area contributed by atoms with Gasteiger partial charge in [-0.25, -0.2) is 0 Å². The molecule has 0 aliphatic carbocycles. The van der Waals surface area contributed by atoms with Crippen LogP contribution in [0.4, 0.5) is 17.1 Å². The van der Waals surface area contributed by atoms with E-state index >= 15 is 0 Å². The summed E-state index contributed by atoms with van der Waals surface area (Å²) in [5.74, 6) is 0. The van der Waals surface area contributed by atoms with Gasteiger partial charge in [-0.1, -0.05) is 72.8 Å². The summed E-state index contributed by atoms with van der Waals surface area (Å²) in [6.45, 7) is 16.6. The van der Waals surface area contributed by atoms with Gasteiger partial charge in [-0.2, -0.15) is 0 Å². The van der Waals surface area contributed by atoms with Gasteiger partial charge in [-0.05, 0) is 102 Å². The van der Waals surface area contributed by atoms with Crippen molar-refractivity contribution in [2.75, 3.05) is 4.90 Å². The van der Waals surface area contributed by atoms with Gasteiger partial charge in [-0.15, -0.1) is 0 Å². The van der Waals surface area contributed by atoms with Gasteiger partial charge >= 0.3 is 14.2 Å². The Bertz CT molecular complexity index is 1470. The standard InChI is InChI=1S/C36H41B2NO4/c1-33(2)34(3,4)41-37(40-33)27-18-22-29(23-19-27)39(32-17-13-12-16-31(32)26-14-10-9-11-15-26)30-24-20-28(21-25-30)38-42-35(5,6)36(7,8)43-38/h9-25H,1-8H3. The summed E-state index contributed by atoms with van der Waals surface area (Å²) in [5.41, 5.74) is 5.88. The maximum atomic E-state index is 6.33. The molecule has 0 aromatic heterocycles. The SMILES string of the molecule is CC1(C)OB(c2ccc(N(c3ccc(B4OC(C)(C)C(C)(C)O4)cc3)c3ccccc3-c3ccccc3)cc2)OC1(C)C. The van der Waals surface area contributed by atoms with Crippen molar-refractivity contribution in [2.45, 2.75) is 77.8 Å². The van der Waals surface area contributed by atoms with Crippen LogP contribution in [0.1, 0.15) is 55.4 Å². The summed E-state index contributed by atoms with van der Waals surface area (Å²) in [7, 11) is -0.827. The summed E-state index contributed by atoms with van der Waals surface area (Å²) >= 11 is 0. The lowest BCUT2D eigenvalue weighted by Crippen LogP contribution is -2.41. The number of nitrogens with zero attached hydrogens (tertiary/aromatic N) is 1. The van der Waals surface area contributed by atoms with Gasteiger partial charge in [0.15, 0.2) is 0 Å². The highest BCUT2D eigenvalue weighted by Gasteiger charge is 2.52. The summed E-state index contributed by atoms with van der Waals surface area (Å²) in [6.07, 6.45) is 0. The fraction of sp³-hybridized carbons (Fsp3) is 0.333. The zero-order valence-corrected chi connectivity index (χ0v) is 26.5. The van der Waals surface area contributed by atoms with E-state index in [-0.39, 0.29) is 0 Å². The molecule has 0 unspecified atom stereocenters. The van der Waals surface area contributed by atoms with Crippen LogP contribution in [0.5, 0.6) is 0 Å². The molecule has 4 aromatic rings. The maximum absolute atomic E-state index is 6.33. The Kier molecular flexibility index (Phi) is 7.37. The Morgan fingerprint density at radius 3 is 1.23 bits per heavy atom. The topological polar surface area (TPSA) is 40.2 Å². The molecule has 4 aromatic carbocycles. The molecule has 0 amide bonds. The van der Waals surface area contributed by atoms with E-state index in [0.717, 1.165) is 39.1 Å². The van der Waals surface area contributed by atoms with Gasteiger partial charge in [-0.3, -0.25) is 0 Å². The normalized spacial score (nSPS) is 19.9. The summed E-state index contributed by atoms with van der Waals surface area (Å²) < 4.78 is 25.3. The van der Waals surface area contributed by atoms with Crippen LogP contribution in [0, 0.1) is 0 Å². The summed E-state index contributed by atoms with van der Waals surface area (Å²) in [6, 6.07) is 36.0. The van der Waals surface area contributed by atoms with E-state index in [9.17, 15) is 0 Å². The largest absolute Gasteiger partial charge is 0.494 e. The number of hydrogen-bond acceptors (Lipinski definition) is 5. The van der Waals surface area contributed by atoms with Crippen LogP contribution >= 0.6 is 0 Å². The Morgan fingerprint density at radius 1 is 0.442 bits per heavy atom. The first-order valence-corrected chi connectivity index (χ1v) is 15.1. The molecular weight excluding hydrogens is 532 g/mol. The van der Waals surface area contributed by atoms with Crippen LogP contribution in [0.3, 0.4) is 0 Å². The van der Waals surface area contributed by atoms with Crippen molar-refractivity contribution in [2.24, 2.45) is 0 Å². The maximum Gasteiger partial charge on any atom is 0.494 e. The highest BCUT2D eigenvalue weighted by atomic mass is 16.7. The summed E-state index contributed by atoms with van der Waals surface area (Å²) in [4.78, 5) is 2.30. The number of anilines is 3. The molecule has 2 heterocycles. The van der Waals surface area contributed by atoms with Gasteiger partial charge in [0.25, 0.3) is 0 Å². The first-order chi connectivity index (χ1) is 20.3. The number of hydrogen-bond donors (Lipinski definition) is 0. The second-order valence-electron chi connectivity index (χ2n) is 13.6. The molecule has 0 bridgehead atoms. The van der Waals surface area contributed by atoms with Crippen LogP contribution in [-0.2, 0) is 18.6 Å². The quantitative estimate of drug-likeness (QED) is 0.225. The molecule has 0 spiro atoms. The lowest BCUT2D eigenvalue weighted by molar-refractivity contribution is 0.00578. The fourth-order valence-corrected chi connectivity index (χ4v) is 5.48. The molecule has 7 heteroatoms. The van der Waals surface area contributed by atoms with Crippen LogP contribution in [0.25, 0.3) is 11.1 Å². The van der Waals surface area contributed by atoms with Crippen LogP contribution < -0.4 is 15.8 Å². The van der Waals surface area contributed by atoms with E-state index in [4.69, 9.17) is 18.6 Å². The molecule has 220 valence electrons. The second-order valence-corrected chi connectivity index (χ2v) is 13.6. The van der Waals surface area contributed by atoms with Crippen molar-refractivity contribution in [1.82, 2.24) is 0 Å². The van der Waals surface area contributed by atoms with Gasteiger partial charge in [0.05, 0.1) is 28.1 Å². The third-order valence-corrected chi connectivity index (χ3v) is 9.58. The molecule has 0 atom stereocenters. The highest BCUT2D eigenvalue weighted by molar-refractivity contribution is 6.62. The molecule has 0 radical (unpaired) electrons. The minimum Gasteiger partial charge on any atom is -0.399 e. The predicted octanol–water partition coefficient (Wildman–Crippen LogP) is 7.42. The van der Waals surface area contributed by atoms with Crippen molar-refractivity contribution < 1.29 is 18.6 Å². The van der Waals surface area contributed by atoms with E-state index < -0.39 is 36.6 Å². The third-order valence-electron chi connectivity index (χ3n) is 9.58. The van der Waals surface area contributed by atoms with Gasteiger partial charge in [0.2, 0.25) is 0 Å².